The number of nitro groups is 1. The van der Waals surface area contributed by atoms with Crippen LogP contribution in [-0.2, 0) is 7.05 Å². The molecule has 0 spiro atoms. The number of aromatic nitrogens is 2. The summed E-state index contributed by atoms with van der Waals surface area (Å²) in [6.07, 6.45) is 4.76. The Hall–Kier alpha value is -2.83. The molecule has 102 valence electrons. The Morgan fingerprint density at radius 3 is 2.90 bits per heavy atom. The number of imidazole rings is 1. The third kappa shape index (κ3) is 2.09. The minimum Gasteiger partial charge on any atom is -0.454 e. The second kappa shape index (κ2) is 4.69. The fourth-order valence-corrected chi connectivity index (χ4v) is 1.93. The van der Waals surface area contributed by atoms with Gasteiger partial charge in [0.1, 0.15) is 6.20 Å². The SMILES string of the molecule is Cn1c([N+](=O)[O-])cnc1/C=C/c1ccc2c(c1)OCO2. The van der Waals surface area contributed by atoms with Crippen LogP contribution in [0.5, 0.6) is 11.5 Å². The Balaban J connectivity index is 1.85. The first-order chi connectivity index (χ1) is 9.65. The van der Waals surface area contributed by atoms with Crippen LogP contribution in [-0.4, -0.2) is 21.3 Å². The molecule has 0 saturated heterocycles. The van der Waals surface area contributed by atoms with Crippen molar-refractivity contribution in [2.24, 2.45) is 7.05 Å². The van der Waals surface area contributed by atoms with Gasteiger partial charge < -0.3 is 19.6 Å². The van der Waals surface area contributed by atoms with Crippen LogP contribution in [0.1, 0.15) is 11.4 Å². The second-order valence-electron chi connectivity index (χ2n) is 4.24. The normalized spacial score (nSPS) is 13.1. The molecule has 1 aromatic heterocycles. The van der Waals surface area contributed by atoms with Gasteiger partial charge in [-0.3, -0.25) is 0 Å². The van der Waals surface area contributed by atoms with Gasteiger partial charge in [0.2, 0.25) is 12.6 Å². The molecule has 0 fully saturated rings. The van der Waals surface area contributed by atoms with E-state index in [-0.39, 0.29) is 12.6 Å². The highest BCUT2D eigenvalue weighted by molar-refractivity contribution is 5.69. The van der Waals surface area contributed by atoms with E-state index in [1.54, 1.807) is 13.1 Å². The number of hydrogen-bond donors (Lipinski definition) is 0. The molecule has 1 aliphatic heterocycles. The van der Waals surface area contributed by atoms with Gasteiger partial charge in [0.15, 0.2) is 11.5 Å². The van der Waals surface area contributed by atoms with Crippen molar-refractivity contribution in [1.82, 2.24) is 9.55 Å². The van der Waals surface area contributed by atoms with Crippen LogP contribution in [0, 0.1) is 10.1 Å². The molecule has 20 heavy (non-hydrogen) atoms. The highest BCUT2D eigenvalue weighted by Gasteiger charge is 2.15. The van der Waals surface area contributed by atoms with E-state index >= 15 is 0 Å². The quantitative estimate of drug-likeness (QED) is 0.632. The third-order valence-corrected chi connectivity index (χ3v) is 3.01. The monoisotopic (exact) mass is 273 g/mol. The summed E-state index contributed by atoms with van der Waals surface area (Å²) in [6.45, 7) is 0.230. The molecule has 0 atom stereocenters. The van der Waals surface area contributed by atoms with E-state index in [4.69, 9.17) is 9.47 Å². The maximum absolute atomic E-state index is 10.7. The average molecular weight is 273 g/mol. The van der Waals surface area contributed by atoms with Crippen LogP contribution in [0.3, 0.4) is 0 Å². The molecule has 0 unspecified atom stereocenters. The number of fused-ring (bicyclic) bond motifs is 1. The van der Waals surface area contributed by atoms with Crippen LogP contribution in [0.25, 0.3) is 12.2 Å². The van der Waals surface area contributed by atoms with E-state index in [1.165, 1.54) is 10.8 Å². The summed E-state index contributed by atoms with van der Waals surface area (Å²) < 4.78 is 11.9. The summed E-state index contributed by atoms with van der Waals surface area (Å²) in [7, 11) is 1.60. The lowest BCUT2D eigenvalue weighted by Crippen LogP contribution is -1.98. The number of ether oxygens (including phenoxy) is 2. The zero-order valence-corrected chi connectivity index (χ0v) is 10.6. The summed E-state index contributed by atoms with van der Waals surface area (Å²) in [5.41, 5.74) is 0.903. The minimum absolute atomic E-state index is 0.0460. The van der Waals surface area contributed by atoms with E-state index in [9.17, 15) is 10.1 Å². The first-order valence-corrected chi connectivity index (χ1v) is 5.89. The smallest absolute Gasteiger partial charge is 0.342 e. The first kappa shape index (κ1) is 12.2. The van der Waals surface area contributed by atoms with Gasteiger partial charge in [-0.15, -0.1) is 0 Å². The first-order valence-electron chi connectivity index (χ1n) is 5.89. The lowest BCUT2D eigenvalue weighted by Gasteiger charge is -1.97. The number of nitrogens with zero attached hydrogens (tertiary/aromatic N) is 3. The molecule has 0 bridgehead atoms. The van der Waals surface area contributed by atoms with Crippen molar-refractivity contribution in [3.05, 3.63) is 45.9 Å². The predicted molar refractivity (Wildman–Crippen MR) is 71.4 cm³/mol. The lowest BCUT2D eigenvalue weighted by atomic mass is 10.2. The Morgan fingerprint density at radius 1 is 1.35 bits per heavy atom. The molecule has 7 heteroatoms. The number of rotatable bonds is 3. The fourth-order valence-electron chi connectivity index (χ4n) is 1.93. The zero-order valence-electron chi connectivity index (χ0n) is 10.6. The van der Waals surface area contributed by atoms with Gasteiger partial charge in [-0.1, -0.05) is 6.07 Å². The van der Waals surface area contributed by atoms with E-state index in [2.05, 4.69) is 4.98 Å². The standard InChI is InChI=1S/C13H11N3O4/c1-15-12(14-7-13(15)16(17)18)5-3-9-2-4-10-11(6-9)20-8-19-10/h2-7H,8H2,1H3/b5-3+. The topological polar surface area (TPSA) is 79.4 Å². The molecule has 0 aliphatic carbocycles. The van der Waals surface area contributed by atoms with Gasteiger partial charge in [0, 0.05) is 6.08 Å². The van der Waals surface area contributed by atoms with Crippen LogP contribution >= 0.6 is 0 Å². The van der Waals surface area contributed by atoms with Crippen LogP contribution in [0.4, 0.5) is 5.82 Å². The summed E-state index contributed by atoms with van der Waals surface area (Å²) in [5, 5.41) is 10.7. The third-order valence-electron chi connectivity index (χ3n) is 3.01. The highest BCUT2D eigenvalue weighted by Crippen LogP contribution is 2.32. The molecule has 0 saturated carbocycles. The Bertz CT molecular complexity index is 706. The summed E-state index contributed by atoms with van der Waals surface area (Å²) in [5.74, 6) is 1.87. The second-order valence-corrected chi connectivity index (χ2v) is 4.24. The van der Waals surface area contributed by atoms with Crippen molar-refractivity contribution in [3.63, 3.8) is 0 Å². The van der Waals surface area contributed by atoms with E-state index in [0.29, 0.717) is 11.6 Å². The van der Waals surface area contributed by atoms with E-state index in [0.717, 1.165) is 11.3 Å². The van der Waals surface area contributed by atoms with Gasteiger partial charge >= 0.3 is 5.82 Å². The van der Waals surface area contributed by atoms with Crippen LogP contribution in [0.2, 0.25) is 0 Å². The van der Waals surface area contributed by atoms with Gasteiger partial charge in [-0.2, -0.15) is 0 Å². The van der Waals surface area contributed by atoms with Crippen molar-refractivity contribution in [2.75, 3.05) is 6.79 Å². The molecule has 3 rings (SSSR count). The molecule has 1 aromatic carbocycles. The molecular weight excluding hydrogens is 262 g/mol. The molecule has 1 aliphatic rings. The molecule has 0 amide bonds. The Labute approximate surface area is 114 Å². The van der Waals surface area contributed by atoms with Crippen molar-refractivity contribution in [2.45, 2.75) is 0 Å². The maximum Gasteiger partial charge on any atom is 0.342 e. The van der Waals surface area contributed by atoms with E-state index < -0.39 is 4.92 Å². The molecule has 7 nitrogen and oxygen atoms in total. The summed E-state index contributed by atoms with van der Waals surface area (Å²) >= 11 is 0. The van der Waals surface area contributed by atoms with Crippen molar-refractivity contribution in [1.29, 1.82) is 0 Å². The Morgan fingerprint density at radius 2 is 2.15 bits per heavy atom. The van der Waals surface area contributed by atoms with Crippen LogP contribution in [0.15, 0.2) is 24.4 Å². The molecule has 0 N–H and O–H groups in total. The summed E-state index contributed by atoms with van der Waals surface area (Å²) in [4.78, 5) is 14.3. The predicted octanol–water partition coefficient (Wildman–Crippen LogP) is 2.23. The fraction of sp³-hybridized carbons (Fsp3) is 0.154. The highest BCUT2D eigenvalue weighted by atomic mass is 16.7. The number of benzene rings is 1. The number of hydrogen-bond acceptors (Lipinski definition) is 5. The van der Waals surface area contributed by atoms with E-state index in [1.807, 2.05) is 24.3 Å². The van der Waals surface area contributed by atoms with Crippen LogP contribution < -0.4 is 9.47 Å². The molecule has 2 aromatic rings. The summed E-state index contributed by atoms with van der Waals surface area (Å²) in [6, 6.07) is 5.54. The van der Waals surface area contributed by atoms with Crippen molar-refractivity contribution >= 4 is 18.0 Å². The van der Waals surface area contributed by atoms with Gasteiger partial charge in [0.05, 0.1) is 7.05 Å². The van der Waals surface area contributed by atoms with Gasteiger partial charge in [-0.05, 0) is 28.7 Å². The maximum atomic E-state index is 10.7. The Kier molecular flexibility index (Phi) is 2.86. The zero-order chi connectivity index (χ0) is 14.1. The van der Waals surface area contributed by atoms with Gasteiger partial charge in [0.25, 0.3) is 0 Å². The van der Waals surface area contributed by atoms with Crippen molar-refractivity contribution < 1.29 is 14.4 Å². The molecule has 0 radical (unpaired) electrons. The molecule has 2 heterocycles. The van der Waals surface area contributed by atoms with Gasteiger partial charge in [-0.25, -0.2) is 9.55 Å². The van der Waals surface area contributed by atoms with Crippen molar-refractivity contribution in [3.8, 4) is 11.5 Å². The minimum atomic E-state index is -0.467. The average Bonchev–Trinajstić information content (AvgIpc) is 3.02. The molecular formula is C13H11N3O4. The lowest BCUT2D eigenvalue weighted by molar-refractivity contribution is -0.391. The largest absolute Gasteiger partial charge is 0.454 e.